The van der Waals surface area contributed by atoms with E-state index in [9.17, 15) is 5.11 Å². The molecule has 21 heavy (non-hydrogen) atoms. The van der Waals surface area contributed by atoms with Crippen LogP contribution in [0.2, 0.25) is 0 Å². The predicted octanol–water partition coefficient (Wildman–Crippen LogP) is 2.78. The molecule has 0 spiro atoms. The lowest BCUT2D eigenvalue weighted by atomic mass is 9.84. The summed E-state index contributed by atoms with van der Waals surface area (Å²) in [5.74, 6) is 0.811. The van der Waals surface area contributed by atoms with Gasteiger partial charge in [0.2, 0.25) is 0 Å². The Morgan fingerprint density at radius 3 is 2.76 bits per heavy atom. The second kappa shape index (κ2) is 6.47. The van der Waals surface area contributed by atoms with E-state index in [-0.39, 0.29) is 12.1 Å². The van der Waals surface area contributed by atoms with Gasteiger partial charge in [0, 0.05) is 25.7 Å². The number of fused-ring (bicyclic) bond motifs is 1. The van der Waals surface area contributed by atoms with Crippen molar-refractivity contribution < 1.29 is 9.84 Å². The number of nitrogens with zero attached hydrogens (tertiary/aromatic N) is 1. The van der Waals surface area contributed by atoms with Gasteiger partial charge in [-0.2, -0.15) is 0 Å². The quantitative estimate of drug-likeness (QED) is 0.874. The van der Waals surface area contributed by atoms with E-state index < -0.39 is 0 Å². The summed E-state index contributed by atoms with van der Waals surface area (Å²) < 4.78 is 5.29. The summed E-state index contributed by atoms with van der Waals surface area (Å²) in [6.45, 7) is 3.97. The first-order chi connectivity index (χ1) is 10.2. The molecular weight excluding hydrogens is 262 g/mol. The average Bonchev–Trinajstić information content (AvgIpc) is 3.34. The number of aliphatic hydroxyl groups excluding tert-OH is 1. The van der Waals surface area contributed by atoms with Crippen molar-refractivity contribution in [2.75, 3.05) is 20.3 Å². The van der Waals surface area contributed by atoms with Crippen molar-refractivity contribution in [3.8, 4) is 0 Å². The Labute approximate surface area is 127 Å². The molecule has 1 saturated carbocycles. The van der Waals surface area contributed by atoms with Crippen LogP contribution in [0, 0.1) is 5.92 Å². The van der Waals surface area contributed by atoms with Crippen molar-refractivity contribution in [1.82, 2.24) is 4.90 Å². The number of ether oxygens (including phenoxy) is 1. The van der Waals surface area contributed by atoms with Crippen molar-refractivity contribution in [2.24, 2.45) is 5.92 Å². The summed E-state index contributed by atoms with van der Waals surface area (Å²) in [4.78, 5) is 2.50. The third-order valence-corrected chi connectivity index (χ3v) is 5.25. The van der Waals surface area contributed by atoms with Gasteiger partial charge in [-0.05, 0) is 49.7 Å². The molecule has 1 fully saturated rings. The van der Waals surface area contributed by atoms with Crippen molar-refractivity contribution in [2.45, 2.75) is 50.8 Å². The number of hydrogen-bond donors (Lipinski definition) is 1. The fourth-order valence-corrected chi connectivity index (χ4v) is 3.78. The Morgan fingerprint density at radius 2 is 2.05 bits per heavy atom. The maximum atomic E-state index is 10.9. The van der Waals surface area contributed by atoms with Gasteiger partial charge in [-0.1, -0.05) is 24.3 Å². The van der Waals surface area contributed by atoms with Gasteiger partial charge in [-0.3, -0.25) is 4.90 Å². The number of methoxy groups -OCH3 is 1. The molecule has 2 aliphatic carbocycles. The topological polar surface area (TPSA) is 32.7 Å². The molecule has 2 aliphatic rings. The summed E-state index contributed by atoms with van der Waals surface area (Å²) in [5, 5.41) is 10.9. The van der Waals surface area contributed by atoms with E-state index in [1.807, 2.05) is 6.07 Å². The molecule has 0 aliphatic heterocycles. The molecule has 3 rings (SSSR count). The fraction of sp³-hybridized carbons (Fsp3) is 0.667. The normalized spacial score (nSPS) is 26.7. The van der Waals surface area contributed by atoms with Crippen LogP contribution in [0.4, 0.5) is 0 Å². The Balaban J connectivity index is 1.79. The highest BCUT2D eigenvalue weighted by molar-refractivity contribution is 5.32. The third-order valence-electron chi connectivity index (χ3n) is 5.25. The van der Waals surface area contributed by atoms with Crippen LogP contribution >= 0.6 is 0 Å². The summed E-state index contributed by atoms with van der Waals surface area (Å²) in [5.41, 5.74) is 2.44. The Morgan fingerprint density at radius 1 is 1.29 bits per heavy atom. The lowest BCUT2D eigenvalue weighted by molar-refractivity contribution is -0.00238. The van der Waals surface area contributed by atoms with Crippen molar-refractivity contribution in [3.05, 3.63) is 35.4 Å². The second-order valence-corrected chi connectivity index (χ2v) is 6.56. The molecule has 3 nitrogen and oxygen atoms in total. The minimum atomic E-state index is -0.368. The number of hydrogen-bond acceptors (Lipinski definition) is 3. The Hall–Kier alpha value is -0.900. The summed E-state index contributed by atoms with van der Waals surface area (Å²) in [6, 6.07) is 9.12. The highest BCUT2D eigenvalue weighted by atomic mass is 16.5. The van der Waals surface area contributed by atoms with Crippen LogP contribution < -0.4 is 0 Å². The third kappa shape index (κ3) is 3.15. The van der Waals surface area contributed by atoms with Gasteiger partial charge >= 0.3 is 0 Å². The van der Waals surface area contributed by atoms with E-state index in [1.165, 1.54) is 18.4 Å². The highest BCUT2D eigenvalue weighted by Gasteiger charge is 2.39. The van der Waals surface area contributed by atoms with Crippen molar-refractivity contribution in [3.63, 3.8) is 0 Å². The van der Waals surface area contributed by atoms with Gasteiger partial charge < -0.3 is 9.84 Å². The molecule has 116 valence electrons. The van der Waals surface area contributed by atoms with Crippen LogP contribution in [0.5, 0.6) is 0 Å². The minimum Gasteiger partial charge on any atom is -0.387 e. The monoisotopic (exact) mass is 289 g/mol. The zero-order chi connectivity index (χ0) is 14.8. The van der Waals surface area contributed by atoms with E-state index in [2.05, 4.69) is 30.0 Å². The molecule has 1 aromatic rings. The Bertz CT molecular complexity index is 472. The first kappa shape index (κ1) is 15.0. The minimum absolute atomic E-state index is 0.227. The van der Waals surface area contributed by atoms with Gasteiger partial charge in [-0.25, -0.2) is 0 Å². The van der Waals surface area contributed by atoms with Gasteiger partial charge in [0.1, 0.15) is 0 Å². The van der Waals surface area contributed by atoms with E-state index in [0.29, 0.717) is 6.04 Å². The fourth-order valence-electron chi connectivity index (χ4n) is 3.78. The number of rotatable bonds is 6. The maximum Gasteiger partial charge on any atom is 0.0948 e. The number of aliphatic hydroxyl groups is 1. The molecule has 3 heteroatoms. The number of benzene rings is 1. The van der Waals surface area contributed by atoms with E-state index in [1.54, 1.807) is 7.11 Å². The molecule has 3 unspecified atom stereocenters. The molecule has 0 amide bonds. The molecular formula is C18H27NO2. The molecule has 0 aromatic heterocycles. The summed E-state index contributed by atoms with van der Waals surface area (Å²) in [7, 11) is 1.76. The van der Waals surface area contributed by atoms with E-state index in [4.69, 9.17) is 4.74 Å². The first-order valence-corrected chi connectivity index (χ1v) is 8.23. The largest absolute Gasteiger partial charge is 0.387 e. The molecule has 1 N–H and O–H groups in total. The van der Waals surface area contributed by atoms with E-state index in [0.717, 1.165) is 37.5 Å². The van der Waals surface area contributed by atoms with Crippen LogP contribution in [0.25, 0.3) is 0 Å². The van der Waals surface area contributed by atoms with E-state index >= 15 is 0 Å². The van der Waals surface area contributed by atoms with Crippen LogP contribution in [-0.2, 0) is 11.2 Å². The molecule has 3 atom stereocenters. The molecule has 0 heterocycles. The molecule has 0 radical (unpaired) electrons. The standard InChI is InChI=1S/C18H27NO2/c1-13(14-7-8-14)19(11-12-21-2)17-10-9-15-5-3-4-6-16(15)18(17)20/h3-6,13-14,17-18,20H,7-12H2,1-2H3. The van der Waals surface area contributed by atoms with Gasteiger partial charge in [0.25, 0.3) is 0 Å². The molecule has 0 bridgehead atoms. The predicted molar refractivity (Wildman–Crippen MR) is 84.3 cm³/mol. The highest BCUT2D eigenvalue weighted by Crippen LogP contribution is 2.40. The lowest BCUT2D eigenvalue weighted by Gasteiger charge is -2.42. The second-order valence-electron chi connectivity index (χ2n) is 6.56. The zero-order valence-electron chi connectivity index (χ0n) is 13.2. The first-order valence-electron chi connectivity index (χ1n) is 8.23. The summed E-state index contributed by atoms with van der Waals surface area (Å²) in [6.07, 6.45) is 4.42. The number of aryl methyl sites for hydroxylation is 1. The van der Waals surface area contributed by atoms with Crippen LogP contribution in [-0.4, -0.2) is 42.4 Å². The Kier molecular flexibility index (Phi) is 4.63. The SMILES string of the molecule is COCCN(C(C)C1CC1)C1CCc2ccccc2C1O. The zero-order valence-corrected chi connectivity index (χ0v) is 13.2. The maximum absolute atomic E-state index is 10.9. The van der Waals surface area contributed by atoms with Gasteiger partial charge in [0.15, 0.2) is 0 Å². The van der Waals surface area contributed by atoms with Gasteiger partial charge in [0.05, 0.1) is 12.7 Å². The van der Waals surface area contributed by atoms with Crippen LogP contribution in [0.3, 0.4) is 0 Å². The lowest BCUT2D eigenvalue weighted by Crippen LogP contribution is -2.49. The van der Waals surface area contributed by atoms with Gasteiger partial charge in [-0.15, -0.1) is 0 Å². The van der Waals surface area contributed by atoms with Crippen LogP contribution in [0.1, 0.15) is 43.4 Å². The average molecular weight is 289 g/mol. The summed E-state index contributed by atoms with van der Waals surface area (Å²) >= 11 is 0. The molecule has 0 saturated heterocycles. The smallest absolute Gasteiger partial charge is 0.0948 e. The van der Waals surface area contributed by atoms with Crippen molar-refractivity contribution >= 4 is 0 Å². The molecule has 1 aromatic carbocycles. The van der Waals surface area contributed by atoms with Crippen molar-refractivity contribution in [1.29, 1.82) is 0 Å². The van der Waals surface area contributed by atoms with Crippen LogP contribution in [0.15, 0.2) is 24.3 Å².